The van der Waals surface area contributed by atoms with Crippen molar-refractivity contribution in [3.63, 3.8) is 0 Å². The topological polar surface area (TPSA) is 75.3 Å². The molecule has 0 aliphatic carbocycles. The molecule has 1 atom stereocenters. The maximum Gasteiger partial charge on any atom is 0.242 e. The number of carbonyl (C=O) groups is 1. The Kier molecular flexibility index (Phi) is 5.06. The Labute approximate surface area is 153 Å². The summed E-state index contributed by atoms with van der Waals surface area (Å²) >= 11 is 0. The summed E-state index contributed by atoms with van der Waals surface area (Å²) in [6.07, 6.45) is 0. The number of hydrogen-bond acceptors (Lipinski definition) is 3. The van der Waals surface area contributed by atoms with Gasteiger partial charge in [-0.25, -0.2) is 8.42 Å². The second kappa shape index (κ2) is 7.27. The molecule has 0 unspecified atom stereocenters. The lowest BCUT2D eigenvalue weighted by atomic mass is 10.1. The molecule has 134 valence electrons. The minimum absolute atomic E-state index is 0.131. The second-order valence-corrected chi connectivity index (χ2v) is 7.92. The van der Waals surface area contributed by atoms with Gasteiger partial charge in [-0.3, -0.25) is 4.79 Å². The van der Waals surface area contributed by atoms with E-state index in [1.165, 1.54) is 13.0 Å². The number of nitrogens with one attached hydrogen (secondary N) is 2. The van der Waals surface area contributed by atoms with Gasteiger partial charge in [0.05, 0.1) is 10.9 Å². The Bertz CT molecular complexity index is 1040. The van der Waals surface area contributed by atoms with Crippen LogP contribution in [0.2, 0.25) is 0 Å². The molecule has 0 spiro atoms. The van der Waals surface area contributed by atoms with Gasteiger partial charge in [-0.15, -0.1) is 0 Å². The highest BCUT2D eigenvalue weighted by Gasteiger charge is 2.22. The van der Waals surface area contributed by atoms with Crippen LogP contribution in [0.25, 0.3) is 10.8 Å². The Balaban J connectivity index is 1.74. The SMILES string of the molecule is Cc1ccc(NC(=O)[C@@H](C)NS(=O)(=O)c2ccc3ccccc3c2)cc1. The van der Waals surface area contributed by atoms with Crippen molar-refractivity contribution in [2.75, 3.05) is 5.32 Å². The lowest BCUT2D eigenvalue weighted by Gasteiger charge is -2.15. The van der Waals surface area contributed by atoms with Gasteiger partial charge in [-0.2, -0.15) is 4.72 Å². The van der Waals surface area contributed by atoms with E-state index in [-0.39, 0.29) is 4.90 Å². The van der Waals surface area contributed by atoms with Crippen LogP contribution < -0.4 is 10.0 Å². The Hall–Kier alpha value is -2.70. The zero-order valence-corrected chi connectivity index (χ0v) is 15.4. The van der Waals surface area contributed by atoms with Crippen molar-refractivity contribution in [1.82, 2.24) is 4.72 Å². The first-order chi connectivity index (χ1) is 12.3. The average molecular weight is 368 g/mol. The summed E-state index contributed by atoms with van der Waals surface area (Å²) in [5, 5.41) is 4.49. The number of anilines is 1. The van der Waals surface area contributed by atoms with Crippen molar-refractivity contribution in [1.29, 1.82) is 0 Å². The molecule has 0 saturated carbocycles. The highest BCUT2D eigenvalue weighted by Crippen LogP contribution is 2.19. The first-order valence-corrected chi connectivity index (χ1v) is 9.72. The maximum atomic E-state index is 12.6. The van der Waals surface area contributed by atoms with E-state index in [0.29, 0.717) is 5.69 Å². The summed E-state index contributed by atoms with van der Waals surface area (Å²) in [7, 11) is -3.81. The van der Waals surface area contributed by atoms with Gasteiger partial charge in [0.2, 0.25) is 15.9 Å². The van der Waals surface area contributed by atoms with Crippen LogP contribution in [0.5, 0.6) is 0 Å². The summed E-state index contributed by atoms with van der Waals surface area (Å²) in [6.45, 7) is 3.47. The number of rotatable bonds is 5. The number of hydrogen-bond donors (Lipinski definition) is 2. The molecule has 3 rings (SSSR count). The fraction of sp³-hybridized carbons (Fsp3) is 0.150. The first-order valence-electron chi connectivity index (χ1n) is 8.24. The van der Waals surface area contributed by atoms with Crippen LogP contribution in [0.4, 0.5) is 5.69 Å². The third-order valence-corrected chi connectivity index (χ3v) is 5.61. The van der Waals surface area contributed by atoms with Gasteiger partial charge < -0.3 is 5.32 Å². The van der Waals surface area contributed by atoms with Crippen molar-refractivity contribution in [3.8, 4) is 0 Å². The molecule has 6 heteroatoms. The van der Waals surface area contributed by atoms with Crippen molar-refractivity contribution in [3.05, 3.63) is 72.3 Å². The summed E-state index contributed by atoms with van der Waals surface area (Å²) < 4.78 is 27.6. The van der Waals surface area contributed by atoms with Gasteiger partial charge in [-0.1, -0.05) is 48.0 Å². The summed E-state index contributed by atoms with van der Waals surface area (Å²) in [5.74, 6) is -0.418. The van der Waals surface area contributed by atoms with Gasteiger partial charge in [0, 0.05) is 5.69 Å². The highest BCUT2D eigenvalue weighted by atomic mass is 32.2. The van der Waals surface area contributed by atoms with E-state index in [9.17, 15) is 13.2 Å². The van der Waals surface area contributed by atoms with Crippen LogP contribution >= 0.6 is 0 Å². The number of aryl methyl sites for hydroxylation is 1. The van der Waals surface area contributed by atoms with E-state index in [4.69, 9.17) is 0 Å². The fourth-order valence-corrected chi connectivity index (χ4v) is 3.81. The Morgan fingerprint density at radius 1 is 0.923 bits per heavy atom. The van der Waals surface area contributed by atoms with Gasteiger partial charge in [-0.05, 0) is 48.9 Å². The molecule has 1 amide bonds. The van der Waals surface area contributed by atoms with Crippen molar-refractivity contribution < 1.29 is 13.2 Å². The molecule has 0 radical (unpaired) electrons. The molecule has 0 fully saturated rings. The van der Waals surface area contributed by atoms with E-state index in [2.05, 4.69) is 10.0 Å². The minimum atomic E-state index is -3.81. The molecule has 2 N–H and O–H groups in total. The van der Waals surface area contributed by atoms with E-state index in [1.54, 1.807) is 24.3 Å². The van der Waals surface area contributed by atoms with Gasteiger partial charge in [0.25, 0.3) is 0 Å². The van der Waals surface area contributed by atoms with E-state index in [0.717, 1.165) is 16.3 Å². The lowest BCUT2D eigenvalue weighted by molar-refractivity contribution is -0.117. The highest BCUT2D eigenvalue weighted by molar-refractivity contribution is 7.89. The normalized spacial score (nSPS) is 12.7. The second-order valence-electron chi connectivity index (χ2n) is 6.21. The van der Waals surface area contributed by atoms with Crippen molar-refractivity contribution in [2.24, 2.45) is 0 Å². The first kappa shape index (κ1) is 18.1. The molecule has 0 heterocycles. The number of amides is 1. The molecule has 0 bridgehead atoms. The van der Waals surface area contributed by atoms with Crippen LogP contribution in [0.3, 0.4) is 0 Å². The van der Waals surface area contributed by atoms with Gasteiger partial charge >= 0.3 is 0 Å². The maximum absolute atomic E-state index is 12.6. The third kappa shape index (κ3) is 4.09. The van der Waals surface area contributed by atoms with Crippen LogP contribution in [-0.2, 0) is 14.8 Å². The summed E-state index contributed by atoms with van der Waals surface area (Å²) in [5.41, 5.74) is 1.70. The molecule has 0 aliphatic heterocycles. The molecule has 0 aliphatic rings. The number of carbonyl (C=O) groups excluding carboxylic acids is 1. The van der Waals surface area contributed by atoms with Crippen LogP contribution in [0.1, 0.15) is 12.5 Å². The molecular formula is C20H20N2O3S. The van der Waals surface area contributed by atoms with E-state index >= 15 is 0 Å². The van der Waals surface area contributed by atoms with Gasteiger partial charge in [0.1, 0.15) is 0 Å². The largest absolute Gasteiger partial charge is 0.325 e. The Morgan fingerprint density at radius 2 is 1.58 bits per heavy atom. The van der Waals surface area contributed by atoms with Crippen molar-refractivity contribution in [2.45, 2.75) is 24.8 Å². The predicted molar refractivity (Wildman–Crippen MR) is 104 cm³/mol. The van der Waals surface area contributed by atoms with Crippen molar-refractivity contribution >= 4 is 32.4 Å². The standard InChI is InChI=1S/C20H20N2O3S/c1-14-7-10-18(11-8-14)21-20(23)15(2)22-26(24,25)19-12-9-16-5-3-4-6-17(16)13-19/h3-13,15,22H,1-2H3,(H,21,23)/t15-/m1/s1. The zero-order chi connectivity index (χ0) is 18.7. The smallest absolute Gasteiger partial charge is 0.242 e. The van der Waals surface area contributed by atoms with Crippen LogP contribution in [0, 0.1) is 6.92 Å². The average Bonchev–Trinajstić information content (AvgIpc) is 2.62. The molecule has 26 heavy (non-hydrogen) atoms. The lowest BCUT2D eigenvalue weighted by Crippen LogP contribution is -2.41. The van der Waals surface area contributed by atoms with E-state index in [1.807, 2.05) is 43.3 Å². The molecular weight excluding hydrogens is 348 g/mol. The monoisotopic (exact) mass is 368 g/mol. The molecule has 0 aromatic heterocycles. The summed E-state index contributed by atoms with van der Waals surface area (Å²) in [6, 6.07) is 18.8. The Morgan fingerprint density at radius 3 is 2.27 bits per heavy atom. The van der Waals surface area contributed by atoms with Crippen LogP contribution in [-0.4, -0.2) is 20.4 Å². The molecule has 0 saturated heterocycles. The minimum Gasteiger partial charge on any atom is -0.325 e. The molecule has 3 aromatic rings. The zero-order valence-electron chi connectivity index (χ0n) is 14.6. The summed E-state index contributed by atoms with van der Waals surface area (Å²) in [4.78, 5) is 12.4. The van der Waals surface area contributed by atoms with Crippen LogP contribution in [0.15, 0.2) is 71.6 Å². The predicted octanol–water partition coefficient (Wildman–Crippen LogP) is 3.45. The third-order valence-electron chi connectivity index (χ3n) is 4.08. The number of fused-ring (bicyclic) bond motifs is 1. The number of sulfonamides is 1. The quantitative estimate of drug-likeness (QED) is 0.724. The molecule has 3 aromatic carbocycles. The molecule has 5 nitrogen and oxygen atoms in total. The van der Waals surface area contributed by atoms with E-state index < -0.39 is 22.0 Å². The number of benzene rings is 3. The van der Waals surface area contributed by atoms with Gasteiger partial charge in [0.15, 0.2) is 0 Å². The fourth-order valence-electron chi connectivity index (χ4n) is 2.58.